The number of thiophene rings is 1. The summed E-state index contributed by atoms with van der Waals surface area (Å²) in [6.45, 7) is 0. The van der Waals surface area contributed by atoms with Gasteiger partial charge in [-0.05, 0) is 89.1 Å². The summed E-state index contributed by atoms with van der Waals surface area (Å²) in [6, 6.07) is 70.3. The average molecular weight is 733 g/mol. The molecule has 0 saturated carbocycles. The van der Waals surface area contributed by atoms with E-state index in [9.17, 15) is 0 Å². The molecule has 56 heavy (non-hydrogen) atoms. The minimum absolute atomic E-state index is 0.879. The van der Waals surface area contributed by atoms with E-state index in [1.165, 1.54) is 47.3 Å². The van der Waals surface area contributed by atoms with Crippen molar-refractivity contribution in [1.82, 2.24) is 4.57 Å². The number of anilines is 3. The molecule has 4 heteroatoms. The van der Waals surface area contributed by atoms with E-state index in [2.05, 4.69) is 204 Å². The van der Waals surface area contributed by atoms with Crippen LogP contribution >= 0.6 is 11.3 Å². The van der Waals surface area contributed by atoms with E-state index in [-0.39, 0.29) is 0 Å². The van der Waals surface area contributed by atoms with Crippen LogP contribution in [-0.4, -0.2) is 4.57 Å². The number of benzene rings is 9. The summed E-state index contributed by atoms with van der Waals surface area (Å²) in [6.07, 6.45) is 0. The SMILES string of the molecule is c1ccc(-c2c3c(cc4c2c2cc(N(c5ccccc5)c5ccc6sc7ccccc7c6c5)ccc2n4-c2ccc4ccccc4c2)oc2ccccc23)cc1. The zero-order valence-corrected chi connectivity index (χ0v) is 31.0. The van der Waals surface area contributed by atoms with Gasteiger partial charge in [-0.15, -0.1) is 11.3 Å². The van der Waals surface area contributed by atoms with Gasteiger partial charge in [0.1, 0.15) is 11.2 Å². The molecule has 0 aliphatic heterocycles. The standard InChI is InChI=1S/C52H32N2OS/c1-3-14-34(15-4-1)50-51-43-31-38(53(36-17-5-2-6-18-36)39-26-28-49-42(30-39)40-19-10-12-22-48(40)56-49)25-27-44(43)54(37-24-23-33-13-7-8-16-35(33)29-37)45(51)32-47-52(50)41-20-9-11-21-46(41)55-47/h1-32H. The molecule has 262 valence electrons. The van der Waals surface area contributed by atoms with Crippen molar-refractivity contribution < 1.29 is 4.42 Å². The van der Waals surface area contributed by atoms with Crippen molar-refractivity contribution in [2.24, 2.45) is 0 Å². The first-order chi connectivity index (χ1) is 27.8. The zero-order valence-electron chi connectivity index (χ0n) is 30.2. The fourth-order valence-corrected chi connectivity index (χ4v) is 9.96. The number of furan rings is 1. The normalized spacial score (nSPS) is 11.9. The van der Waals surface area contributed by atoms with Gasteiger partial charge >= 0.3 is 0 Å². The van der Waals surface area contributed by atoms with Crippen molar-refractivity contribution in [1.29, 1.82) is 0 Å². The maximum Gasteiger partial charge on any atom is 0.138 e. The fourth-order valence-electron chi connectivity index (χ4n) is 8.88. The Morgan fingerprint density at radius 1 is 0.411 bits per heavy atom. The highest BCUT2D eigenvalue weighted by Gasteiger charge is 2.24. The van der Waals surface area contributed by atoms with Gasteiger partial charge in [0.15, 0.2) is 0 Å². The fraction of sp³-hybridized carbons (Fsp3) is 0. The first kappa shape index (κ1) is 31.2. The Morgan fingerprint density at radius 2 is 1.09 bits per heavy atom. The van der Waals surface area contributed by atoms with Gasteiger partial charge in [0.2, 0.25) is 0 Å². The molecule has 12 rings (SSSR count). The van der Waals surface area contributed by atoms with Gasteiger partial charge in [0.05, 0.1) is 11.0 Å². The first-order valence-corrected chi connectivity index (χ1v) is 19.8. The van der Waals surface area contributed by atoms with Crippen LogP contribution in [0.2, 0.25) is 0 Å². The second-order valence-electron chi connectivity index (χ2n) is 14.5. The van der Waals surface area contributed by atoms with E-state index in [0.717, 1.165) is 61.3 Å². The molecule has 0 unspecified atom stereocenters. The summed E-state index contributed by atoms with van der Waals surface area (Å²) >= 11 is 1.85. The Balaban J connectivity index is 1.21. The molecule has 0 radical (unpaired) electrons. The lowest BCUT2D eigenvalue weighted by atomic mass is 9.94. The van der Waals surface area contributed by atoms with E-state index < -0.39 is 0 Å². The Morgan fingerprint density at radius 3 is 1.95 bits per heavy atom. The molecule has 0 fully saturated rings. The third-order valence-corrected chi connectivity index (χ3v) is 12.5. The summed E-state index contributed by atoms with van der Waals surface area (Å²) in [7, 11) is 0. The highest BCUT2D eigenvalue weighted by Crippen LogP contribution is 2.48. The average Bonchev–Trinajstić information content (AvgIpc) is 3.92. The Hall–Kier alpha value is -7.14. The maximum absolute atomic E-state index is 6.70. The van der Waals surface area contributed by atoms with Gasteiger partial charge in [0, 0.05) is 76.1 Å². The quantitative estimate of drug-likeness (QED) is 0.176. The minimum atomic E-state index is 0.879. The second kappa shape index (κ2) is 12.2. The van der Waals surface area contributed by atoms with E-state index in [1.807, 2.05) is 11.3 Å². The third kappa shape index (κ3) is 4.70. The van der Waals surface area contributed by atoms with Gasteiger partial charge in [-0.25, -0.2) is 0 Å². The van der Waals surface area contributed by atoms with Gasteiger partial charge < -0.3 is 13.9 Å². The van der Waals surface area contributed by atoms with Crippen LogP contribution in [0.25, 0.3) is 91.5 Å². The van der Waals surface area contributed by atoms with Crippen LogP contribution in [0.4, 0.5) is 17.1 Å². The summed E-state index contributed by atoms with van der Waals surface area (Å²) in [5.74, 6) is 0. The minimum Gasteiger partial charge on any atom is -0.456 e. The van der Waals surface area contributed by atoms with Crippen molar-refractivity contribution in [3.8, 4) is 16.8 Å². The largest absolute Gasteiger partial charge is 0.456 e. The number of nitrogens with zero attached hydrogens (tertiary/aromatic N) is 2. The summed E-state index contributed by atoms with van der Waals surface area (Å²) < 4.78 is 11.7. The van der Waals surface area contributed by atoms with Crippen LogP contribution in [-0.2, 0) is 0 Å². The predicted molar refractivity (Wildman–Crippen MR) is 239 cm³/mol. The molecule has 9 aromatic carbocycles. The molecule has 3 aromatic heterocycles. The smallest absolute Gasteiger partial charge is 0.138 e. The van der Waals surface area contributed by atoms with E-state index >= 15 is 0 Å². The van der Waals surface area contributed by atoms with Crippen molar-refractivity contribution in [2.45, 2.75) is 0 Å². The summed E-state index contributed by atoms with van der Waals surface area (Å²) in [4.78, 5) is 2.40. The molecule has 0 spiro atoms. The van der Waals surface area contributed by atoms with Crippen LogP contribution in [0.15, 0.2) is 199 Å². The third-order valence-electron chi connectivity index (χ3n) is 11.3. The molecule has 0 bridgehead atoms. The lowest BCUT2D eigenvalue weighted by Gasteiger charge is -2.26. The number of rotatable bonds is 5. The molecule has 0 atom stereocenters. The Bertz CT molecular complexity index is 3480. The van der Waals surface area contributed by atoms with Crippen molar-refractivity contribution in [2.75, 3.05) is 4.90 Å². The molecule has 0 N–H and O–H groups in total. The summed E-state index contributed by atoms with van der Waals surface area (Å²) in [5.41, 5.74) is 10.8. The van der Waals surface area contributed by atoms with Gasteiger partial charge in [-0.1, -0.05) is 115 Å². The second-order valence-corrected chi connectivity index (χ2v) is 15.6. The molecule has 3 nitrogen and oxygen atoms in total. The first-order valence-electron chi connectivity index (χ1n) is 19.0. The highest BCUT2D eigenvalue weighted by atomic mass is 32.1. The van der Waals surface area contributed by atoms with Crippen LogP contribution in [0.1, 0.15) is 0 Å². The Kier molecular flexibility index (Phi) is 6.80. The lowest BCUT2D eigenvalue weighted by molar-refractivity contribution is 0.669. The van der Waals surface area contributed by atoms with E-state index in [0.29, 0.717) is 0 Å². The summed E-state index contributed by atoms with van der Waals surface area (Å²) in [5, 5.41) is 9.63. The highest BCUT2D eigenvalue weighted by molar-refractivity contribution is 7.25. The van der Waals surface area contributed by atoms with E-state index in [4.69, 9.17) is 4.42 Å². The monoisotopic (exact) mass is 732 g/mol. The number of hydrogen-bond acceptors (Lipinski definition) is 3. The molecule has 0 aliphatic rings. The molecule has 12 aromatic rings. The number of para-hydroxylation sites is 2. The number of aromatic nitrogens is 1. The van der Waals surface area contributed by atoms with Gasteiger partial charge in [-0.3, -0.25) is 0 Å². The molecule has 0 amide bonds. The number of fused-ring (bicyclic) bond motifs is 10. The molecular formula is C52H32N2OS. The van der Waals surface area contributed by atoms with Gasteiger partial charge in [-0.2, -0.15) is 0 Å². The van der Waals surface area contributed by atoms with Crippen LogP contribution in [0, 0.1) is 0 Å². The van der Waals surface area contributed by atoms with Gasteiger partial charge in [0.25, 0.3) is 0 Å². The molecule has 0 aliphatic carbocycles. The molecule has 0 saturated heterocycles. The topological polar surface area (TPSA) is 21.3 Å². The zero-order chi connectivity index (χ0) is 36.7. The maximum atomic E-state index is 6.70. The number of hydrogen-bond donors (Lipinski definition) is 0. The van der Waals surface area contributed by atoms with Crippen LogP contribution < -0.4 is 4.90 Å². The lowest BCUT2D eigenvalue weighted by Crippen LogP contribution is -2.09. The molecular weight excluding hydrogens is 701 g/mol. The van der Waals surface area contributed by atoms with Crippen LogP contribution in [0.5, 0.6) is 0 Å². The molecule has 3 heterocycles. The van der Waals surface area contributed by atoms with Crippen molar-refractivity contribution in [3.63, 3.8) is 0 Å². The van der Waals surface area contributed by atoms with Crippen molar-refractivity contribution >= 4 is 103 Å². The van der Waals surface area contributed by atoms with E-state index in [1.54, 1.807) is 0 Å². The predicted octanol–water partition coefficient (Wildman–Crippen LogP) is 15.3. The Labute approximate surface area is 326 Å². The van der Waals surface area contributed by atoms with Crippen molar-refractivity contribution in [3.05, 3.63) is 194 Å². The van der Waals surface area contributed by atoms with Crippen LogP contribution in [0.3, 0.4) is 0 Å².